The quantitative estimate of drug-likeness (QED) is 0.614. The average Bonchev–Trinajstić information content (AvgIpc) is 2.84. The van der Waals surface area contributed by atoms with E-state index in [9.17, 15) is 5.11 Å². The molecule has 3 unspecified atom stereocenters. The summed E-state index contributed by atoms with van der Waals surface area (Å²) in [4.78, 5) is 2.43. The molecule has 18 heavy (non-hydrogen) atoms. The molecule has 2 rings (SSSR count). The molecule has 2 heterocycles. The molecular formula is C13H26N2O3. The van der Waals surface area contributed by atoms with Crippen LogP contribution in [0.4, 0.5) is 0 Å². The van der Waals surface area contributed by atoms with Gasteiger partial charge in [0.05, 0.1) is 25.9 Å². The first-order chi connectivity index (χ1) is 8.81. The highest BCUT2D eigenvalue weighted by molar-refractivity contribution is 4.92. The Morgan fingerprint density at radius 2 is 2.28 bits per heavy atom. The predicted octanol–water partition coefficient (Wildman–Crippen LogP) is -0.306. The molecule has 5 nitrogen and oxygen atoms in total. The second kappa shape index (κ2) is 7.40. The van der Waals surface area contributed by atoms with Crippen LogP contribution in [0, 0.1) is 5.92 Å². The van der Waals surface area contributed by atoms with Gasteiger partial charge in [-0.25, -0.2) is 0 Å². The number of nitrogens with one attached hydrogen (secondary N) is 1. The number of likely N-dealkylation sites (tertiary alicyclic amines) is 1. The van der Waals surface area contributed by atoms with Crippen LogP contribution in [0.3, 0.4) is 0 Å². The largest absolute Gasteiger partial charge is 0.389 e. The summed E-state index contributed by atoms with van der Waals surface area (Å²) >= 11 is 0. The molecule has 0 aromatic rings. The molecule has 106 valence electrons. The van der Waals surface area contributed by atoms with E-state index in [1.54, 1.807) is 7.11 Å². The highest BCUT2D eigenvalue weighted by Crippen LogP contribution is 2.26. The Bertz CT molecular complexity index is 240. The van der Waals surface area contributed by atoms with Gasteiger partial charge >= 0.3 is 0 Å². The zero-order chi connectivity index (χ0) is 12.8. The number of aliphatic hydroxyl groups is 1. The van der Waals surface area contributed by atoms with Crippen molar-refractivity contribution in [3.05, 3.63) is 0 Å². The summed E-state index contributed by atoms with van der Waals surface area (Å²) in [7, 11) is 1.65. The average molecular weight is 258 g/mol. The number of piperidine rings is 1. The third-order valence-corrected chi connectivity index (χ3v) is 3.98. The van der Waals surface area contributed by atoms with Gasteiger partial charge in [-0.1, -0.05) is 0 Å². The molecule has 2 fully saturated rings. The molecule has 0 amide bonds. The number of hydrogen-bond donors (Lipinski definition) is 2. The molecule has 0 aliphatic carbocycles. The minimum absolute atomic E-state index is 0.388. The van der Waals surface area contributed by atoms with Crippen molar-refractivity contribution in [1.82, 2.24) is 10.2 Å². The van der Waals surface area contributed by atoms with Crippen molar-refractivity contribution in [2.75, 3.05) is 53.1 Å². The molecular weight excluding hydrogens is 232 g/mol. The van der Waals surface area contributed by atoms with Crippen LogP contribution in [0.5, 0.6) is 0 Å². The number of β-amino-alcohol motifs (C(OH)–C–C–N with tert-alkyl or cyclic N) is 1. The Kier molecular flexibility index (Phi) is 5.85. The van der Waals surface area contributed by atoms with Gasteiger partial charge in [-0.15, -0.1) is 0 Å². The van der Waals surface area contributed by atoms with Gasteiger partial charge in [0.1, 0.15) is 0 Å². The van der Waals surface area contributed by atoms with Gasteiger partial charge in [0.15, 0.2) is 0 Å². The highest BCUT2D eigenvalue weighted by atomic mass is 16.5. The molecule has 0 aromatic heterocycles. The Balaban J connectivity index is 1.67. The van der Waals surface area contributed by atoms with Crippen molar-refractivity contribution in [3.8, 4) is 0 Å². The normalized spacial score (nSPS) is 30.3. The van der Waals surface area contributed by atoms with Crippen molar-refractivity contribution in [2.45, 2.75) is 25.0 Å². The Labute approximate surface area is 109 Å². The smallest absolute Gasteiger partial charge is 0.0900 e. The fourth-order valence-corrected chi connectivity index (χ4v) is 3.08. The number of nitrogens with zero attached hydrogens (tertiary/aromatic N) is 1. The monoisotopic (exact) mass is 258 g/mol. The summed E-state index contributed by atoms with van der Waals surface area (Å²) in [6.07, 6.45) is 2.19. The van der Waals surface area contributed by atoms with Crippen molar-refractivity contribution >= 4 is 0 Å². The maximum atomic E-state index is 9.99. The van der Waals surface area contributed by atoms with Crippen LogP contribution in [0.1, 0.15) is 12.8 Å². The maximum absolute atomic E-state index is 9.99. The molecule has 0 saturated carbocycles. The first-order valence-electron chi connectivity index (χ1n) is 7.00. The van der Waals surface area contributed by atoms with Gasteiger partial charge < -0.3 is 19.9 Å². The second-order valence-corrected chi connectivity index (χ2v) is 5.34. The lowest BCUT2D eigenvalue weighted by molar-refractivity contribution is -0.0132. The molecule has 3 atom stereocenters. The van der Waals surface area contributed by atoms with Crippen LogP contribution >= 0.6 is 0 Å². The molecule has 2 saturated heterocycles. The van der Waals surface area contributed by atoms with E-state index in [-0.39, 0.29) is 6.10 Å². The summed E-state index contributed by atoms with van der Waals surface area (Å²) in [5.41, 5.74) is 0. The third kappa shape index (κ3) is 3.90. The summed E-state index contributed by atoms with van der Waals surface area (Å²) < 4.78 is 10.3. The van der Waals surface area contributed by atoms with Gasteiger partial charge in [-0.05, 0) is 31.8 Å². The van der Waals surface area contributed by atoms with E-state index in [0.29, 0.717) is 25.9 Å². The minimum atomic E-state index is -0.388. The van der Waals surface area contributed by atoms with E-state index in [4.69, 9.17) is 9.47 Å². The molecule has 5 heteroatoms. The predicted molar refractivity (Wildman–Crippen MR) is 69.7 cm³/mol. The Morgan fingerprint density at radius 1 is 1.39 bits per heavy atom. The first-order valence-corrected chi connectivity index (χ1v) is 7.00. The zero-order valence-electron chi connectivity index (χ0n) is 11.3. The molecule has 2 N–H and O–H groups in total. The van der Waals surface area contributed by atoms with Gasteiger partial charge in [-0.2, -0.15) is 0 Å². The van der Waals surface area contributed by atoms with Gasteiger partial charge in [0, 0.05) is 26.2 Å². The molecule has 0 bridgehead atoms. The van der Waals surface area contributed by atoms with Crippen molar-refractivity contribution < 1.29 is 14.6 Å². The lowest BCUT2D eigenvalue weighted by Crippen LogP contribution is -2.48. The highest BCUT2D eigenvalue weighted by Gasteiger charge is 2.35. The van der Waals surface area contributed by atoms with E-state index >= 15 is 0 Å². The summed E-state index contributed by atoms with van der Waals surface area (Å²) in [6.45, 7) is 5.61. The number of methoxy groups -OCH3 is 1. The number of fused-ring (bicyclic) bond motifs is 1. The maximum Gasteiger partial charge on any atom is 0.0900 e. The summed E-state index contributed by atoms with van der Waals surface area (Å²) in [5, 5.41) is 13.4. The molecule has 2 aliphatic heterocycles. The minimum Gasteiger partial charge on any atom is -0.389 e. The molecule has 0 spiro atoms. The van der Waals surface area contributed by atoms with Crippen LogP contribution < -0.4 is 5.32 Å². The fraction of sp³-hybridized carbons (Fsp3) is 1.00. The van der Waals surface area contributed by atoms with Crippen LogP contribution in [0.25, 0.3) is 0 Å². The first kappa shape index (κ1) is 14.2. The lowest BCUT2D eigenvalue weighted by atomic mass is 9.92. The number of aliphatic hydroxyl groups excluding tert-OH is 1. The van der Waals surface area contributed by atoms with E-state index < -0.39 is 0 Å². The summed E-state index contributed by atoms with van der Waals surface area (Å²) in [6, 6.07) is 0.618. The second-order valence-electron chi connectivity index (χ2n) is 5.34. The Hall–Kier alpha value is -0.200. The lowest BCUT2D eigenvalue weighted by Gasteiger charge is -2.38. The fourth-order valence-electron chi connectivity index (χ4n) is 3.08. The van der Waals surface area contributed by atoms with Crippen molar-refractivity contribution in [2.24, 2.45) is 5.92 Å². The zero-order valence-corrected chi connectivity index (χ0v) is 11.3. The summed E-state index contributed by atoms with van der Waals surface area (Å²) in [5.74, 6) is 0.778. The third-order valence-electron chi connectivity index (χ3n) is 3.98. The molecule has 0 radical (unpaired) electrons. The van der Waals surface area contributed by atoms with Gasteiger partial charge in [-0.3, -0.25) is 4.90 Å². The number of ether oxygens (including phenoxy) is 2. The van der Waals surface area contributed by atoms with E-state index in [0.717, 1.165) is 32.1 Å². The topological polar surface area (TPSA) is 54.0 Å². The molecule has 0 aromatic carbocycles. The van der Waals surface area contributed by atoms with E-state index in [1.807, 2.05) is 0 Å². The SMILES string of the molecule is COCCOCC(O)CN1CCCC2CNCC21. The van der Waals surface area contributed by atoms with Crippen LogP contribution in [-0.4, -0.2) is 75.3 Å². The Morgan fingerprint density at radius 3 is 3.11 bits per heavy atom. The number of rotatable bonds is 7. The van der Waals surface area contributed by atoms with E-state index in [1.165, 1.54) is 12.8 Å². The van der Waals surface area contributed by atoms with Gasteiger partial charge in [0.2, 0.25) is 0 Å². The van der Waals surface area contributed by atoms with Gasteiger partial charge in [0.25, 0.3) is 0 Å². The molecule has 2 aliphatic rings. The van der Waals surface area contributed by atoms with Crippen molar-refractivity contribution in [3.63, 3.8) is 0 Å². The van der Waals surface area contributed by atoms with E-state index in [2.05, 4.69) is 10.2 Å². The van der Waals surface area contributed by atoms with Crippen molar-refractivity contribution in [1.29, 1.82) is 0 Å². The van der Waals surface area contributed by atoms with Crippen LogP contribution in [0.2, 0.25) is 0 Å². The standard InChI is InChI=1S/C13H26N2O3/c1-17-5-6-18-10-12(16)9-15-4-2-3-11-7-14-8-13(11)15/h11-14,16H,2-10H2,1H3. The van der Waals surface area contributed by atoms with Crippen LogP contribution in [-0.2, 0) is 9.47 Å². The number of hydrogen-bond acceptors (Lipinski definition) is 5. The van der Waals surface area contributed by atoms with Crippen LogP contribution in [0.15, 0.2) is 0 Å².